The van der Waals surface area contributed by atoms with Crippen molar-refractivity contribution in [1.82, 2.24) is 4.98 Å². The van der Waals surface area contributed by atoms with E-state index in [4.69, 9.17) is 9.84 Å². The van der Waals surface area contributed by atoms with Gasteiger partial charge in [-0.1, -0.05) is 13.8 Å². The third kappa shape index (κ3) is 4.53. The lowest BCUT2D eigenvalue weighted by atomic mass is 10.1. The summed E-state index contributed by atoms with van der Waals surface area (Å²) >= 11 is 0. The van der Waals surface area contributed by atoms with Crippen molar-refractivity contribution in [3.05, 3.63) is 27.9 Å². The van der Waals surface area contributed by atoms with Gasteiger partial charge in [0.1, 0.15) is 11.8 Å². The largest absolute Gasteiger partial charge is 0.478 e. The molecule has 1 N–H and O–H groups in total. The van der Waals surface area contributed by atoms with Gasteiger partial charge in [0, 0.05) is 6.07 Å². The van der Waals surface area contributed by atoms with E-state index in [-0.39, 0.29) is 5.88 Å². The zero-order valence-corrected chi connectivity index (χ0v) is 10.8. The quantitative estimate of drug-likeness (QED) is 0.463. The van der Waals surface area contributed by atoms with Crippen LogP contribution in [0.15, 0.2) is 12.3 Å². The molecule has 0 aromatic carbocycles. The average Bonchev–Trinajstić information content (AvgIpc) is 2.33. The molecule has 1 aromatic heterocycles. The fraction of sp³-hybridized carbons (Fsp3) is 0.500. The van der Waals surface area contributed by atoms with Gasteiger partial charge in [-0.2, -0.15) is 0 Å². The second kappa shape index (κ2) is 6.67. The van der Waals surface area contributed by atoms with Gasteiger partial charge in [0.05, 0.1) is 11.5 Å². The van der Waals surface area contributed by atoms with Crippen molar-refractivity contribution in [1.29, 1.82) is 0 Å². The molecule has 0 atom stereocenters. The van der Waals surface area contributed by atoms with Crippen LogP contribution in [0, 0.1) is 16.0 Å². The van der Waals surface area contributed by atoms with Crippen molar-refractivity contribution in [2.24, 2.45) is 5.92 Å². The first-order valence-corrected chi connectivity index (χ1v) is 5.92. The molecule has 0 bridgehead atoms. The molecule has 0 unspecified atom stereocenters. The van der Waals surface area contributed by atoms with Crippen molar-refractivity contribution in [2.45, 2.75) is 26.7 Å². The molecule has 1 aromatic rings. The van der Waals surface area contributed by atoms with Crippen LogP contribution in [0.1, 0.15) is 37.0 Å². The fourth-order valence-electron chi connectivity index (χ4n) is 1.49. The van der Waals surface area contributed by atoms with E-state index in [0.29, 0.717) is 12.5 Å². The summed E-state index contributed by atoms with van der Waals surface area (Å²) in [4.78, 5) is 24.5. The molecule has 1 heterocycles. The molecule has 7 heteroatoms. The van der Waals surface area contributed by atoms with Crippen LogP contribution in [0.4, 0.5) is 5.69 Å². The Kier molecular flexibility index (Phi) is 5.23. The van der Waals surface area contributed by atoms with Crippen LogP contribution >= 0.6 is 0 Å². The van der Waals surface area contributed by atoms with Crippen LogP contribution in [-0.4, -0.2) is 27.6 Å². The summed E-state index contributed by atoms with van der Waals surface area (Å²) in [5.41, 5.74) is -0.958. The molecular formula is C12H16N2O5. The van der Waals surface area contributed by atoms with Crippen LogP contribution in [0.3, 0.4) is 0 Å². The summed E-state index contributed by atoms with van der Waals surface area (Å²) in [5, 5.41) is 19.5. The van der Waals surface area contributed by atoms with Crippen LogP contribution in [0.2, 0.25) is 0 Å². The Morgan fingerprint density at radius 3 is 2.79 bits per heavy atom. The molecule has 0 fully saturated rings. The van der Waals surface area contributed by atoms with Gasteiger partial charge in [-0.05, 0) is 18.8 Å². The first kappa shape index (κ1) is 14.9. The zero-order valence-electron chi connectivity index (χ0n) is 10.8. The van der Waals surface area contributed by atoms with Crippen molar-refractivity contribution in [2.75, 3.05) is 6.61 Å². The highest BCUT2D eigenvalue weighted by Gasteiger charge is 2.21. The van der Waals surface area contributed by atoms with E-state index in [1.165, 1.54) is 0 Å². The molecule has 0 spiro atoms. The van der Waals surface area contributed by atoms with Crippen molar-refractivity contribution in [3.8, 4) is 5.88 Å². The van der Waals surface area contributed by atoms with E-state index < -0.39 is 22.1 Å². The number of ether oxygens (including phenoxy) is 1. The van der Waals surface area contributed by atoms with Gasteiger partial charge < -0.3 is 9.84 Å². The second-order valence-electron chi connectivity index (χ2n) is 4.49. The monoisotopic (exact) mass is 268 g/mol. The van der Waals surface area contributed by atoms with E-state index >= 15 is 0 Å². The minimum atomic E-state index is -1.37. The summed E-state index contributed by atoms with van der Waals surface area (Å²) in [5.74, 6) is -0.726. The lowest BCUT2D eigenvalue weighted by Crippen LogP contribution is -2.06. The van der Waals surface area contributed by atoms with Crippen LogP contribution in [0.25, 0.3) is 0 Å². The summed E-state index contributed by atoms with van der Waals surface area (Å²) in [7, 11) is 0. The number of aromatic carboxylic acids is 1. The number of nitro groups is 1. The Morgan fingerprint density at radius 2 is 2.26 bits per heavy atom. The van der Waals surface area contributed by atoms with Gasteiger partial charge >= 0.3 is 11.7 Å². The Labute approximate surface area is 110 Å². The highest BCUT2D eigenvalue weighted by atomic mass is 16.6. The Bertz CT molecular complexity index is 473. The molecule has 1 rings (SSSR count). The average molecular weight is 268 g/mol. The number of carboxylic acids is 1. The smallest absolute Gasteiger partial charge is 0.342 e. The first-order valence-electron chi connectivity index (χ1n) is 5.92. The highest BCUT2D eigenvalue weighted by molar-refractivity contribution is 5.92. The van der Waals surface area contributed by atoms with Gasteiger partial charge in [-0.3, -0.25) is 10.1 Å². The maximum atomic E-state index is 10.9. The minimum absolute atomic E-state index is 0.0896. The van der Waals surface area contributed by atoms with Crippen LogP contribution < -0.4 is 4.74 Å². The van der Waals surface area contributed by atoms with E-state index in [1.807, 2.05) is 0 Å². The standard InChI is InChI=1S/C12H16N2O5/c1-8(2)4-3-5-19-11-6-9(12(15)16)10(7-13-11)14(17)18/h6-8H,3-5H2,1-2H3,(H,15,16). The Morgan fingerprint density at radius 1 is 1.58 bits per heavy atom. The third-order valence-electron chi connectivity index (χ3n) is 2.46. The number of rotatable bonds is 7. The predicted molar refractivity (Wildman–Crippen MR) is 67.4 cm³/mol. The van der Waals surface area contributed by atoms with Crippen molar-refractivity contribution in [3.63, 3.8) is 0 Å². The van der Waals surface area contributed by atoms with Gasteiger partial charge in [-0.15, -0.1) is 0 Å². The summed E-state index contributed by atoms with van der Waals surface area (Å²) in [6, 6.07) is 1.08. The number of nitrogens with zero attached hydrogens (tertiary/aromatic N) is 2. The molecular weight excluding hydrogens is 252 g/mol. The maximum Gasteiger partial charge on any atom is 0.342 e. The number of carbonyl (C=O) groups is 1. The number of carboxylic acid groups (broad SMARTS) is 1. The lowest BCUT2D eigenvalue weighted by molar-refractivity contribution is -0.385. The second-order valence-corrected chi connectivity index (χ2v) is 4.49. The van der Waals surface area contributed by atoms with Crippen LogP contribution in [0.5, 0.6) is 5.88 Å². The number of pyridine rings is 1. The summed E-state index contributed by atoms with van der Waals surface area (Å²) < 4.78 is 5.28. The predicted octanol–water partition coefficient (Wildman–Crippen LogP) is 2.50. The van der Waals surface area contributed by atoms with E-state index in [2.05, 4.69) is 18.8 Å². The van der Waals surface area contributed by atoms with Crippen LogP contribution in [-0.2, 0) is 0 Å². The molecule has 0 radical (unpaired) electrons. The highest BCUT2D eigenvalue weighted by Crippen LogP contribution is 2.21. The molecule has 0 amide bonds. The summed E-state index contributed by atoms with van der Waals surface area (Å²) in [6.07, 6.45) is 2.71. The molecule has 0 aliphatic heterocycles. The maximum absolute atomic E-state index is 10.9. The molecule has 0 aliphatic rings. The summed E-state index contributed by atoms with van der Waals surface area (Å²) in [6.45, 7) is 4.58. The van der Waals surface area contributed by atoms with Gasteiger partial charge in [0.2, 0.25) is 5.88 Å². The van der Waals surface area contributed by atoms with Gasteiger partial charge in [0.15, 0.2) is 0 Å². The lowest BCUT2D eigenvalue weighted by Gasteiger charge is -2.07. The van der Waals surface area contributed by atoms with E-state index in [0.717, 1.165) is 25.1 Å². The minimum Gasteiger partial charge on any atom is -0.478 e. The van der Waals surface area contributed by atoms with Gasteiger partial charge in [-0.25, -0.2) is 9.78 Å². The molecule has 0 saturated heterocycles. The van der Waals surface area contributed by atoms with Crippen molar-refractivity contribution >= 4 is 11.7 Å². The number of hydrogen-bond donors (Lipinski definition) is 1. The number of aromatic nitrogens is 1. The van der Waals surface area contributed by atoms with E-state index in [9.17, 15) is 14.9 Å². The molecule has 0 aliphatic carbocycles. The topological polar surface area (TPSA) is 103 Å². The van der Waals surface area contributed by atoms with E-state index in [1.54, 1.807) is 0 Å². The Hall–Kier alpha value is -2.18. The molecule has 104 valence electrons. The molecule has 0 saturated carbocycles. The van der Waals surface area contributed by atoms with Crippen molar-refractivity contribution < 1.29 is 19.6 Å². The molecule has 7 nitrogen and oxygen atoms in total. The zero-order chi connectivity index (χ0) is 14.4. The SMILES string of the molecule is CC(C)CCCOc1cc(C(=O)O)c([N+](=O)[O-])cn1. The number of hydrogen-bond acceptors (Lipinski definition) is 5. The Balaban J connectivity index is 2.73. The first-order chi connectivity index (χ1) is 8.91. The third-order valence-corrected chi connectivity index (χ3v) is 2.46. The normalized spacial score (nSPS) is 10.5. The van der Waals surface area contributed by atoms with Gasteiger partial charge in [0.25, 0.3) is 0 Å². The molecule has 19 heavy (non-hydrogen) atoms. The fourth-order valence-corrected chi connectivity index (χ4v) is 1.49.